The van der Waals surface area contributed by atoms with E-state index in [1.165, 1.54) is 37.8 Å². The van der Waals surface area contributed by atoms with E-state index in [0.29, 0.717) is 0 Å². The van der Waals surface area contributed by atoms with Crippen molar-refractivity contribution in [2.75, 3.05) is 25.5 Å². The lowest BCUT2D eigenvalue weighted by molar-refractivity contribution is 0.168. The zero-order valence-corrected chi connectivity index (χ0v) is 14.3. The summed E-state index contributed by atoms with van der Waals surface area (Å²) >= 11 is 3.58. The summed E-state index contributed by atoms with van der Waals surface area (Å²) in [5, 5.41) is 3.51. The monoisotopic (exact) mass is 338 g/mol. The lowest BCUT2D eigenvalue weighted by atomic mass is 9.84. The van der Waals surface area contributed by atoms with E-state index >= 15 is 0 Å². The molecule has 0 amide bonds. The minimum absolute atomic E-state index is 0.791. The Hall–Kier alpha value is -0.540. The van der Waals surface area contributed by atoms with Gasteiger partial charge in [-0.2, -0.15) is 0 Å². The van der Waals surface area contributed by atoms with Crippen molar-refractivity contribution in [2.24, 2.45) is 5.92 Å². The number of para-hydroxylation sites is 1. The molecule has 1 aromatic rings. The van der Waals surface area contributed by atoms with Gasteiger partial charge in [-0.15, -0.1) is 0 Å². The van der Waals surface area contributed by atoms with E-state index in [1.807, 2.05) is 6.07 Å². The molecular formula is C17H27BrN2. The van der Waals surface area contributed by atoms with E-state index < -0.39 is 0 Å². The number of anilines is 1. The van der Waals surface area contributed by atoms with Gasteiger partial charge in [-0.25, -0.2) is 0 Å². The third-order valence-electron chi connectivity index (χ3n) is 4.67. The molecule has 0 saturated heterocycles. The Labute approximate surface area is 132 Å². The van der Waals surface area contributed by atoms with Crippen LogP contribution < -0.4 is 5.32 Å². The van der Waals surface area contributed by atoms with Crippen LogP contribution in [0.3, 0.4) is 0 Å². The van der Waals surface area contributed by atoms with E-state index in [9.17, 15) is 0 Å². The number of hydrogen-bond donors (Lipinski definition) is 1. The summed E-state index contributed by atoms with van der Waals surface area (Å²) < 4.78 is 1.14. The third kappa shape index (κ3) is 4.49. The second-order valence-corrected chi connectivity index (χ2v) is 6.82. The van der Waals surface area contributed by atoms with Crippen LogP contribution in [0.5, 0.6) is 0 Å². The fourth-order valence-electron chi connectivity index (χ4n) is 3.15. The van der Waals surface area contributed by atoms with Crippen LogP contribution >= 0.6 is 15.9 Å². The summed E-state index contributed by atoms with van der Waals surface area (Å²) in [4.78, 5) is 2.54. The highest BCUT2D eigenvalue weighted by molar-refractivity contribution is 9.10. The van der Waals surface area contributed by atoms with Crippen LogP contribution in [-0.4, -0.2) is 31.1 Å². The number of rotatable bonds is 6. The van der Waals surface area contributed by atoms with Gasteiger partial charge in [0.15, 0.2) is 0 Å². The van der Waals surface area contributed by atoms with Crippen molar-refractivity contribution in [1.82, 2.24) is 4.90 Å². The Morgan fingerprint density at radius 1 is 1.20 bits per heavy atom. The van der Waals surface area contributed by atoms with Gasteiger partial charge in [-0.3, -0.25) is 0 Å². The molecule has 1 aromatic carbocycles. The SMILES string of the molecule is CCC1CCC(N(C)CCNc2ccccc2Br)CC1. The van der Waals surface area contributed by atoms with Crippen molar-refractivity contribution in [3.63, 3.8) is 0 Å². The van der Waals surface area contributed by atoms with Crippen LogP contribution in [0.1, 0.15) is 39.0 Å². The first kappa shape index (κ1) is 15.8. The lowest BCUT2D eigenvalue weighted by Crippen LogP contribution is -2.37. The summed E-state index contributed by atoms with van der Waals surface area (Å²) in [6.45, 7) is 4.45. The maximum absolute atomic E-state index is 3.58. The summed E-state index contributed by atoms with van der Waals surface area (Å²) in [5.41, 5.74) is 1.19. The average molecular weight is 339 g/mol. The fourth-order valence-corrected chi connectivity index (χ4v) is 3.57. The topological polar surface area (TPSA) is 15.3 Å². The van der Waals surface area contributed by atoms with Crippen LogP contribution in [-0.2, 0) is 0 Å². The first-order valence-electron chi connectivity index (χ1n) is 7.89. The highest BCUT2D eigenvalue weighted by Gasteiger charge is 2.22. The molecule has 0 bridgehead atoms. The smallest absolute Gasteiger partial charge is 0.0485 e. The van der Waals surface area contributed by atoms with E-state index in [-0.39, 0.29) is 0 Å². The van der Waals surface area contributed by atoms with Gasteiger partial charge in [0.2, 0.25) is 0 Å². The summed E-state index contributed by atoms with van der Waals surface area (Å²) in [5.74, 6) is 0.984. The van der Waals surface area contributed by atoms with Gasteiger partial charge in [0.1, 0.15) is 0 Å². The molecule has 20 heavy (non-hydrogen) atoms. The Kier molecular flexibility index (Phi) is 6.37. The summed E-state index contributed by atoms with van der Waals surface area (Å²) in [6, 6.07) is 9.11. The van der Waals surface area contributed by atoms with Gasteiger partial charge < -0.3 is 10.2 Å². The van der Waals surface area contributed by atoms with Crippen molar-refractivity contribution in [3.8, 4) is 0 Å². The second kappa shape index (κ2) is 8.04. The Morgan fingerprint density at radius 3 is 2.55 bits per heavy atom. The molecule has 2 rings (SSSR count). The van der Waals surface area contributed by atoms with Gasteiger partial charge in [0, 0.05) is 29.3 Å². The van der Waals surface area contributed by atoms with Crippen molar-refractivity contribution in [1.29, 1.82) is 0 Å². The molecule has 0 aromatic heterocycles. The van der Waals surface area contributed by atoms with E-state index in [4.69, 9.17) is 0 Å². The highest BCUT2D eigenvalue weighted by atomic mass is 79.9. The molecule has 112 valence electrons. The molecule has 0 radical (unpaired) electrons. The standard InChI is InChI=1S/C17H27BrN2/c1-3-14-8-10-15(11-9-14)20(2)13-12-19-17-7-5-4-6-16(17)18/h4-7,14-15,19H,3,8-13H2,1-2H3. The van der Waals surface area contributed by atoms with Gasteiger partial charge in [0.05, 0.1) is 0 Å². The summed E-state index contributed by atoms with van der Waals surface area (Å²) in [6.07, 6.45) is 6.96. The Bertz CT molecular complexity index is 400. The Balaban J connectivity index is 1.70. The number of likely N-dealkylation sites (N-methyl/N-ethyl adjacent to an activating group) is 1. The molecule has 1 aliphatic carbocycles. The first-order valence-corrected chi connectivity index (χ1v) is 8.68. The molecule has 0 unspecified atom stereocenters. The molecule has 1 N–H and O–H groups in total. The maximum Gasteiger partial charge on any atom is 0.0485 e. The van der Waals surface area contributed by atoms with Crippen molar-refractivity contribution < 1.29 is 0 Å². The van der Waals surface area contributed by atoms with Crippen LogP contribution in [0.4, 0.5) is 5.69 Å². The molecule has 0 aliphatic heterocycles. The fraction of sp³-hybridized carbons (Fsp3) is 0.647. The molecule has 1 fully saturated rings. The van der Waals surface area contributed by atoms with Gasteiger partial charge in [-0.1, -0.05) is 25.5 Å². The largest absolute Gasteiger partial charge is 0.383 e. The van der Waals surface area contributed by atoms with E-state index in [2.05, 4.69) is 58.3 Å². The third-order valence-corrected chi connectivity index (χ3v) is 5.36. The van der Waals surface area contributed by atoms with Crippen LogP contribution in [0.25, 0.3) is 0 Å². The quantitative estimate of drug-likeness (QED) is 0.804. The van der Waals surface area contributed by atoms with E-state index in [1.54, 1.807) is 0 Å². The van der Waals surface area contributed by atoms with E-state index in [0.717, 1.165) is 29.5 Å². The normalized spacial score (nSPS) is 23.0. The molecular weight excluding hydrogens is 312 g/mol. The second-order valence-electron chi connectivity index (χ2n) is 5.97. The predicted octanol–water partition coefficient (Wildman–Crippen LogP) is 4.76. The molecule has 1 aliphatic rings. The van der Waals surface area contributed by atoms with Crippen molar-refractivity contribution in [3.05, 3.63) is 28.7 Å². The van der Waals surface area contributed by atoms with Crippen LogP contribution in [0.2, 0.25) is 0 Å². The molecule has 1 saturated carbocycles. The van der Waals surface area contributed by atoms with Gasteiger partial charge >= 0.3 is 0 Å². The van der Waals surface area contributed by atoms with Crippen molar-refractivity contribution >= 4 is 21.6 Å². The van der Waals surface area contributed by atoms with Crippen molar-refractivity contribution in [2.45, 2.75) is 45.1 Å². The number of nitrogens with zero attached hydrogens (tertiary/aromatic N) is 1. The molecule has 0 spiro atoms. The minimum Gasteiger partial charge on any atom is -0.383 e. The maximum atomic E-state index is 3.58. The number of benzene rings is 1. The molecule has 3 heteroatoms. The molecule has 0 atom stereocenters. The van der Waals surface area contributed by atoms with Crippen LogP contribution in [0.15, 0.2) is 28.7 Å². The van der Waals surface area contributed by atoms with Gasteiger partial charge in [-0.05, 0) is 66.7 Å². The number of hydrogen-bond acceptors (Lipinski definition) is 2. The summed E-state index contributed by atoms with van der Waals surface area (Å²) in [7, 11) is 2.28. The lowest BCUT2D eigenvalue weighted by Gasteiger charge is -2.34. The molecule has 0 heterocycles. The zero-order chi connectivity index (χ0) is 14.4. The molecule has 2 nitrogen and oxygen atoms in total. The highest BCUT2D eigenvalue weighted by Crippen LogP contribution is 2.28. The number of nitrogens with one attached hydrogen (secondary N) is 1. The van der Waals surface area contributed by atoms with Crippen LogP contribution in [0, 0.1) is 5.92 Å². The number of halogens is 1. The predicted molar refractivity (Wildman–Crippen MR) is 91.3 cm³/mol. The average Bonchev–Trinajstić information content (AvgIpc) is 2.49. The zero-order valence-electron chi connectivity index (χ0n) is 12.7. The minimum atomic E-state index is 0.791. The Morgan fingerprint density at radius 2 is 1.90 bits per heavy atom. The van der Waals surface area contributed by atoms with Gasteiger partial charge in [0.25, 0.3) is 0 Å². The first-order chi connectivity index (χ1) is 9.70.